The number of carboxylic acid groups (broad SMARTS) is 1. The molecule has 2 aromatic heterocycles. The molecule has 0 aliphatic carbocycles. The standard InChI is InChI=1S/C13H7ClIN3O2/c14-6-1-2-9(15)8(5-6)11-17-10-7(13(19)20)3-4-16-12(10)18-11/h1-5H,(H,19,20)(H,16,17,18). The SMILES string of the molecule is O=C(O)c1ccnc2nc(-c3cc(Cl)ccc3I)[nH]c12. The molecule has 0 radical (unpaired) electrons. The predicted octanol–water partition coefficient (Wildman–Crippen LogP) is 3.58. The summed E-state index contributed by atoms with van der Waals surface area (Å²) in [5, 5.41) is 9.75. The molecule has 3 rings (SSSR count). The predicted molar refractivity (Wildman–Crippen MR) is 84.0 cm³/mol. The fourth-order valence-corrected chi connectivity index (χ4v) is 2.66. The van der Waals surface area contributed by atoms with Crippen molar-refractivity contribution < 1.29 is 9.90 Å². The quantitative estimate of drug-likeness (QED) is 0.646. The summed E-state index contributed by atoms with van der Waals surface area (Å²) in [4.78, 5) is 22.6. The van der Waals surface area contributed by atoms with Crippen molar-refractivity contribution >= 4 is 51.3 Å². The van der Waals surface area contributed by atoms with Gasteiger partial charge in [0.2, 0.25) is 0 Å². The van der Waals surface area contributed by atoms with Crippen LogP contribution in [0, 0.1) is 3.57 Å². The molecule has 0 aliphatic rings. The summed E-state index contributed by atoms with van der Waals surface area (Å²) in [6.45, 7) is 0. The second-order valence-corrected chi connectivity index (χ2v) is 5.67. The molecule has 2 heterocycles. The average Bonchev–Trinajstić information content (AvgIpc) is 2.84. The van der Waals surface area contributed by atoms with E-state index in [4.69, 9.17) is 16.7 Å². The zero-order valence-corrected chi connectivity index (χ0v) is 12.8. The maximum absolute atomic E-state index is 11.2. The van der Waals surface area contributed by atoms with E-state index in [9.17, 15) is 4.79 Å². The molecule has 2 N–H and O–H groups in total. The molecule has 0 saturated heterocycles. The molecule has 5 nitrogen and oxygen atoms in total. The van der Waals surface area contributed by atoms with Gasteiger partial charge >= 0.3 is 5.97 Å². The Labute approximate surface area is 132 Å². The topological polar surface area (TPSA) is 78.9 Å². The van der Waals surface area contributed by atoms with Crippen LogP contribution in [0.25, 0.3) is 22.6 Å². The van der Waals surface area contributed by atoms with Crippen LogP contribution in [0.2, 0.25) is 5.02 Å². The van der Waals surface area contributed by atoms with E-state index in [1.165, 1.54) is 12.3 Å². The van der Waals surface area contributed by atoms with Crippen molar-refractivity contribution in [3.05, 3.63) is 44.6 Å². The average molecular weight is 400 g/mol. The van der Waals surface area contributed by atoms with E-state index in [2.05, 4.69) is 37.5 Å². The number of hydrogen-bond donors (Lipinski definition) is 2. The molecule has 7 heteroatoms. The van der Waals surface area contributed by atoms with Crippen molar-refractivity contribution in [2.24, 2.45) is 0 Å². The number of carbonyl (C=O) groups is 1. The van der Waals surface area contributed by atoms with E-state index in [1.807, 2.05) is 6.07 Å². The highest BCUT2D eigenvalue weighted by Gasteiger charge is 2.15. The van der Waals surface area contributed by atoms with Crippen LogP contribution >= 0.6 is 34.2 Å². The van der Waals surface area contributed by atoms with Gasteiger partial charge in [-0.2, -0.15) is 0 Å². The second kappa shape index (κ2) is 5.02. The van der Waals surface area contributed by atoms with Crippen molar-refractivity contribution in [2.75, 3.05) is 0 Å². The number of rotatable bonds is 2. The van der Waals surface area contributed by atoms with Crippen LogP contribution in [0.1, 0.15) is 10.4 Å². The van der Waals surface area contributed by atoms with Gasteiger partial charge in [0.1, 0.15) is 5.82 Å². The number of benzene rings is 1. The minimum Gasteiger partial charge on any atom is -0.478 e. The van der Waals surface area contributed by atoms with Gasteiger partial charge in [-0.25, -0.2) is 14.8 Å². The van der Waals surface area contributed by atoms with Crippen molar-refractivity contribution in [1.29, 1.82) is 0 Å². The largest absolute Gasteiger partial charge is 0.478 e. The van der Waals surface area contributed by atoms with E-state index in [-0.39, 0.29) is 5.56 Å². The van der Waals surface area contributed by atoms with Crippen molar-refractivity contribution in [1.82, 2.24) is 15.0 Å². The molecule has 1 aromatic carbocycles. The molecule has 0 spiro atoms. The summed E-state index contributed by atoms with van der Waals surface area (Å²) in [6.07, 6.45) is 1.43. The lowest BCUT2D eigenvalue weighted by Gasteiger charge is -2.01. The van der Waals surface area contributed by atoms with Crippen molar-refractivity contribution in [3.63, 3.8) is 0 Å². The third kappa shape index (κ3) is 2.25. The highest BCUT2D eigenvalue weighted by Crippen LogP contribution is 2.28. The number of fused-ring (bicyclic) bond motifs is 1. The fourth-order valence-electron chi connectivity index (χ4n) is 1.90. The van der Waals surface area contributed by atoms with Gasteiger partial charge in [-0.1, -0.05) is 11.6 Å². The van der Waals surface area contributed by atoms with Crippen LogP contribution < -0.4 is 0 Å². The number of hydrogen-bond acceptors (Lipinski definition) is 3. The lowest BCUT2D eigenvalue weighted by atomic mass is 10.2. The molecule has 0 aliphatic heterocycles. The van der Waals surface area contributed by atoms with Crippen molar-refractivity contribution in [3.8, 4) is 11.4 Å². The van der Waals surface area contributed by atoms with Gasteiger partial charge in [-0.05, 0) is 46.9 Å². The number of halogens is 2. The van der Waals surface area contributed by atoms with Gasteiger partial charge in [0.15, 0.2) is 5.65 Å². The highest BCUT2D eigenvalue weighted by molar-refractivity contribution is 14.1. The molecule has 0 bridgehead atoms. The molecule has 0 amide bonds. The number of aromatic amines is 1. The first-order valence-electron chi connectivity index (χ1n) is 5.59. The van der Waals surface area contributed by atoms with Gasteiger partial charge in [0.05, 0.1) is 11.1 Å². The zero-order chi connectivity index (χ0) is 14.3. The lowest BCUT2D eigenvalue weighted by Crippen LogP contribution is -1.97. The fraction of sp³-hybridized carbons (Fsp3) is 0. The van der Waals surface area contributed by atoms with Crippen LogP contribution in [0.4, 0.5) is 0 Å². The van der Waals surface area contributed by atoms with E-state index in [1.54, 1.807) is 12.1 Å². The van der Waals surface area contributed by atoms with Gasteiger partial charge < -0.3 is 10.1 Å². The minimum atomic E-state index is -1.02. The van der Waals surface area contributed by atoms with Gasteiger partial charge in [0.25, 0.3) is 0 Å². The molecular weight excluding hydrogens is 393 g/mol. The van der Waals surface area contributed by atoms with Gasteiger partial charge in [0, 0.05) is 20.4 Å². The number of nitrogens with zero attached hydrogens (tertiary/aromatic N) is 2. The number of pyridine rings is 1. The Morgan fingerprint density at radius 1 is 1.35 bits per heavy atom. The summed E-state index contributed by atoms with van der Waals surface area (Å²) in [5.74, 6) is -0.471. The lowest BCUT2D eigenvalue weighted by molar-refractivity contribution is 0.0699. The van der Waals surface area contributed by atoms with E-state index >= 15 is 0 Å². The third-order valence-electron chi connectivity index (χ3n) is 2.81. The van der Waals surface area contributed by atoms with Crippen LogP contribution in [0.5, 0.6) is 0 Å². The first-order chi connectivity index (χ1) is 9.56. The first-order valence-corrected chi connectivity index (χ1v) is 7.05. The Morgan fingerprint density at radius 2 is 2.15 bits per heavy atom. The normalized spacial score (nSPS) is 10.9. The summed E-state index contributed by atoms with van der Waals surface area (Å²) in [5.41, 5.74) is 1.74. The molecule has 0 fully saturated rings. The maximum atomic E-state index is 11.2. The van der Waals surface area contributed by atoms with Crippen LogP contribution in [0.3, 0.4) is 0 Å². The Balaban J connectivity index is 2.26. The number of H-pyrrole nitrogens is 1. The zero-order valence-electron chi connectivity index (χ0n) is 9.89. The smallest absolute Gasteiger partial charge is 0.338 e. The van der Waals surface area contributed by atoms with E-state index in [0.29, 0.717) is 22.0 Å². The monoisotopic (exact) mass is 399 g/mol. The van der Waals surface area contributed by atoms with E-state index < -0.39 is 5.97 Å². The molecule has 0 atom stereocenters. The number of aromatic carboxylic acids is 1. The number of nitrogens with one attached hydrogen (secondary N) is 1. The number of carboxylic acids is 1. The molecule has 100 valence electrons. The van der Waals surface area contributed by atoms with Crippen molar-refractivity contribution in [2.45, 2.75) is 0 Å². The summed E-state index contributed by atoms with van der Waals surface area (Å²) < 4.78 is 0.961. The number of imidazole rings is 1. The minimum absolute atomic E-state index is 0.144. The van der Waals surface area contributed by atoms with Gasteiger partial charge in [-0.3, -0.25) is 0 Å². The molecule has 0 saturated carbocycles. The van der Waals surface area contributed by atoms with Gasteiger partial charge in [-0.15, -0.1) is 0 Å². The third-order valence-corrected chi connectivity index (χ3v) is 3.98. The maximum Gasteiger partial charge on any atom is 0.338 e. The Kier molecular flexibility index (Phi) is 3.35. The van der Waals surface area contributed by atoms with Crippen LogP contribution in [-0.2, 0) is 0 Å². The Hall–Kier alpha value is -1.67. The first kappa shape index (κ1) is 13.3. The van der Waals surface area contributed by atoms with Crippen LogP contribution in [0.15, 0.2) is 30.5 Å². The molecular formula is C13H7ClIN3O2. The second-order valence-electron chi connectivity index (χ2n) is 4.07. The summed E-state index contributed by atoms with van der Waals surface area (Å²) in [6, 6.07) is 6.88. The summed E-state index contributed by atoms with van der Waals surface area (Å²) in [7, 11) is 0. The Bertz CT molecular complexity index is 832. The Morgan fingerprint density at radius 3 is 2.90 bits per heavy atom. The molecule has 3 aromatic rings. The van der Waals surface area contributed by atoms with Crippen LogP contribution in [-0.4, -0.2) is 26.0 Å². The summed E-state index contributed by atoms with van der Waals surface area (Å²) >= 11 is 8.16. The number of aromatic nitrogens is 3. The molecule has 20 heavy (non-hydrogen) atoms. The molecule has 0 unspecified atom stereocenters. The highest BCUT2D eigenvalue weighted by atomic mass is 127. The van der Waals surface area contributed by atoms with E-state index in [0.717, 1.165) is 9.13 Å².